The van der Waals surface area contributed by atoms with Gasteiger partial charge in [-0.15, -0.1) is 10.2 Å². The van der Waals surface area contributed by atoms with E-state index in [9.17, 15) is 13.2 Å². The zero-order valence-electron chi connectivity index (χ0n) is 18.3. The van der Waals surface area contributed by atoms with E-state index in [1.807, 2.05) is 18.2 Å². The normalized spacial score (nSPS) is 15.4. The number of nitrogens with one attached hydrogen (secondary N) is 2. The summed E-state index contributed by atoms with van der Waals surface area (Å²) in [5.74, 6) is 5.60. The van der Waals surface area contributed by atoms with Gasteiger partial charge in [0.1, 0.15) is 23.3 Å². The van der Waals surface area contributed by atoms with Gasteiger partial charge in [0.2, 0.25) is 5.82 Å². The molecule has 0 saturated heterocycles. The number of hydrogen-bond donors (Lipinski definition) is 2. The Morgan fingerprint density at radius 3 is 2.78 bits per heavy atom. The molecule has 1 aromatic carbocycles. The maximum atomic E-state index is 13.5. The Hall–Kier alpha value is -4.70. The van der Waals surface area contributed by atoms with Crippen molar-refractivity contribution in [3.8, 4) is 23.4 Å². The second-order valence-electron chi connectivity index (χ2n) is 7.94. The lowest BCUT2D eigenvalue weighted by Crippen LogP contribution is -2.37. The number of nitrogens with zero attached hydrogens (tertiary/aromatic N) is 8. The molecule has 5 heterocycles. The van der Waals surface area contributed by atoms with Crippen molar-refractivity contribution in [2.75, 3.05) is 6.54 Å². The molecule has 0 amide bonds. The van der Waals surface area contributed by atoms with Crippen molar-refractivity contribution in [1.82, 2.24) is 50.2 Å². The van der Waals surface area contributed by atoms with Gasteiger partial charge in [-0.25, -0.2) is 19.9 Å². The third kappa shape index (κ3) is 4.03. The molecule has 36 heavy (non-hydrogen) atoms. The van der Waals surface area contributed by atoms with Crippen molar-refractivity contribution in [2.24, 2.45) is 0 Å². The minimum Gasteiger partial charge on any atom is -0.307 e. The summed E-state index contributed by atoms with van der Waals surface area (Å²) in [6.07, 6.45) is 0.0790. The van der Waals surface area contributed by atoms with Crippen LogP contribution in [0.25, 0.3) is 22.4 Å². The predicted molar refractivity (Wildman–Crippen MR) is 120 cm³/mol. The Bertz CT molecular complexity index is 1640. The number of H-pyrrole nitrogens is 1. The summed E-state index contributed by atoms with van der Waals surface area (Å²) in [5, 5.41) is 17.9. The average Bonchev–Trinajstić information content (AvgIpc) is 3.54. The second kappa shape index (κ2) is 8.51. The van der Waals surface area contributed by atoms with Crippen molar-refractivity contribution in [3.63, 3.8) is 0 Å². The Morgan fingerprint density at radius 2 is 1.89 bits per heavy atom. The Labute approximate surface area is 201 Å². The SMILES string of the molecule is FC(F)(F)c1nnc2n1C(c1nccc(-c3nccc(C#Cc4ccc5[nH]ncc5c4)n3)n1)CNC2. The van der Waals surface area contributed by atoms with Crippen LogP contribution in [0.3, 0.4) is 0 Å². The lowest BCUT2D eigenvalue weighted by atomic mass is 10.1. The van der Waals surface area contributed by atoms with Crippen molar-refractivity contribution in [1.29, 1.82) is 0 Å². The van der Waals surface area contributed by atoms with Crippen molar-refractivity contribution >= 4 is 10.9 Å². The van der Waals surface area contributed by atoms with Crippen LogP contribution in [-0.4, -0.2) is 51.4 Å². The van der Waals surface area contributed by atoms with Crippen LogP contribution < -0.4 is 5.32 Å². The molecule has 0 bridgehead atoms. The molecule has 1 aliphatic heterocycles. The highest BCUT2D eigenvalue weighted by molar-refractivity contribution is 5.79. The van der Waals surface area contributed by atoms with Crippen LogP contribution in [0.4, 0.5) is 13.2 Å². The van der Waals surface area contributed by atoms with Gasteiger partial charge in [0.05, 0.1) is 18.3 Å². The summed E-state index contributed by atoms with van der Waals surface area (Å²) in [6.45, 7) is 0.349. The van der Waals surface area contributed by atoms with Crippen LogP contribution in [0.15, 0.2) is 48.9 Å². The van der Waals surface area contributed by atoms with Gasteiger partial charge in [0, 0.05) is 29.9 Å². The molecule has 1 aliphatic rings. The van der Waals surface area contributed by atoms with Gasteiger partial charge in [-0.05, 0) is 36.3 Å². The van der Waals surface area contributed by atoms with Crippen LogP contribution in [0, 0.1) is 11.8 Å². The topological polar surface area (TPSA) is 123 Å². The summed E-state index contributed by atoms with van der Waals surface area (Å²) in [7, 11) is 0. The van der Waals surface area contributed by atoms with Gasteiger partial charge in [0.25, 0.3) is 0 Å². The number of fused-ring (bicyclic) bond motifs is 2. The first-order valence-electron chi connectivity index (χ1n) is 10.8. The highest BCUT2D eigenvalue weighted by Gasteiger charge is 2.42. The first-order valence-corrected chi connectivity index (χ1v) is 10.8. The maximum Gasteiger partial charge on any atom is 0.451 e. The minimum atomic E-state index is -4.66. The molecular formula is C23H15F3N10. The fraction of sp³-hybridized carbons (Fsp3) is 0.174. The van der Waals surface area contributed by atoms with Crippen molar-refractivity contribution in [3.05, 3.63) is 77.7 Å². The molecule has 0 radical (unpaired) electrons. The highest BCUT2D eigenvalue weighted by atomic mass is 19.4. The molecule has 0 fully saturated rings. The standard InChI is InChI=1S/C23H15F3N10/c24-23(25,26)22-35-34-19-12-27-11-18(36(19)22)21-29-8-6-17(32-21)20-28-7-5-15(31-20)3-1-13-2-4-16-14(9-13)10-30-33-16/h2,4-10,18,27H,11-12H2,(H,30,33). The number of halogens is 3. The van der Waals surface area contributed by atoms with Crippen LogP contribution in [0.1, 0.15) is 34.8 Å². The third-order valence-corrected chi connectivity index (χ3v) is 5.58. The molecule has 0 spiro atoms. The number of aromatic nitrogens is 9. The monoisotopic (exact) mass is 488 g/mol. The Kier molecular flexibility index (Phi) is 5.15. The van der Waals surface area contributed by atoms with E-state index in [1.54, 1.807) is 24.5 Å². The molecule has 0 saturated carbocycles. The maximum absolute atomic E-state index is 13.5. The Morgan fingerprint density at radius 1 is 1.00 bits per heavy atom. The summed E-state index contributed by atoms with van der Waals surface area (Å²) in [4.78, 5) is 17.4. The lowest BCUT2D eigenvalue weighted by Gasteiger charge is -2.26. The van der Waals surface area contributed by atoms with Gasteiger partial charge in [-0.1, -0.05) is 5.92 Å². The molecule has 2 N–H and O–H groups in total. The van der Waals surface area contributed by atoms with E-state index in [1.165, 1.54) is 6.20 Å². The quantitative estimate of drug-likeness (QED) is 0.364. The van der Waals surface area contributed by atoms with E-state index < -0.39 is 18.0 Å². The number of alkyl halides is 3. The summed E-state index contributed by atoms with van der Waals surface area (Å²) in [6, 6.07) is 8.10. The van der Waals surface area contributed by atoms with E-state index in [0.717, 1.165) is 21.0 Å². The fourth-order valence-corrected chi connectivity index (χ4v) is 3.95. The molecule has 1 atom stereocenters. The number of benzene rings is 1. The molecule has 13 heteroatoms. The van der Waals surface area contributed by atoms with Crippen LogP contribution >= 0.6 is 0 Å². The highest BCUT2D eigenvalue weighted by Crippen LogP contribution is 2.33. The molecule has 10 nitrogen and oxygen atoms in total. The first kappa shape index (κ1) is 21.8. The van der Waals surface area contributed by atoms with Gasteiger partial charge < -0.3 is 5.32 Å². The number of aromatic amines is 1. The van der Waals surface area contributed by atoms with Crippen LogP contribution in [0.5, 0.6) is 0 Å². The second-order valence-corrected chi connectivity index (χ2v) is 7.94. The molecule has 0 aliphatic carbocycles. The van der Waals surface area contributed by atoms with E-state index in [-0.39, 0.29) is 30.6 Å². The summed E-state index contributed by atoms with van der Waals surface area (Å²) >= 11 is 0. The Balaban J connectivity index is 1.32. The summed E-state index contributed by atoms with van der Waals surface area (Å²) < 4.78 is 41.6. The van der Waals surface area contributed by atoms with Gasteiger partial charge >= 0.3 is 6.18 Å². The fourth-order valence-electron chi connectivity index (χ4n) is 3.95. The first-order chi connectivity index (χ1) is 17.5. The molecule has 4 aromatic heterocycles. The molecular weight excluding hydrogens is 473 g/mol. The van der Waals surface area contributed by atoms with E-state index >= 15 is 0 Å². The largest absolute Gasteiger partial charge is 0.451 e. The van der Waals surface area contributed by atoms with Gasteiger partial charge in [-0.3, -0.25) is 9.67 Å². The minimum absolute atomic E-state index is 0.162. The predicted octanol–water partition coefficient (Wildman–Crippen LogP) is 2.51. The van der Waals surface area contributed by atoms with Crippen LogP contribution in [0.2, 0.25) is 0 Å². The van der Waals surface area contributed by atoms with E-state index in [4.69, 9.17) is 0 Å². The molecule has 5 aromatic rings. The van der Waals surface area contributed by atoms with E-state index in [2.05, 4.69) is 57.5 Å². The zero-order chi connectivity index (χ0) is 24.7. The van der Waals surface area contributed by atoms with Gasteiger partial charge in [-0.2, -0.15) is 18.3 Å². The third-order valence-electron chi connectivity index (χ3n) is 5.58. The average molecular weight is 488 g/mol. The van der Waals surface area contributed by atoms with E-state index in [0.29, 0.717) is 11.4 Å². The summed E-state index contributed by atoms with van der Waals surface area (Å²) in [5.41, 5.74) is 2.53. The molecule has 178 valence electrons. The molecule has 1 unspecified atom stereocenters. The van der Waals surface area contributed by atoms with Crippen molar-refractivity contribution in [2.45, 2.75) is 18.8 Å². The molecule has 6 rings (SSSR count). The number of hydrogen-bond acceptors (Lipinski definition) is 8. The van der Waals surface area contributed by atoms with Crippen molar-refractivity contribution < 1.29 is 13.2 Å². The lowest BCUT2D eigenvalue weighted by molar-refractivity contribution is -0.148. The van der Waals surface area contributed by atoms with Crippen LogP contribution in [-0.2, 0) is 12.7 Å². The zero-order valence-corrected chi connectivity index (χ0v) is 18.3. The smallest absolute Gasteiger partial charge is 0.307 e. The number of rotatable bonds is 2. The van der Waals surface area contributed by atoms with Gasteiger partial charge in [0.15, 0.2) is 11.6 Å².